The van der Waals surface area contributed by atoms with Crippen LogP contribution in [0.1, 0.15) is 65.2 Å². The molecule has 12 N–H and O–H groups in total. The fraction of sp³-hybridized carbons (Fsp3) is 0.192. The largest absolute Gasteiger partial charge is 0.388 e. The lowest BCUT2D eigenvalue weighted by Gasteiger charge is -2.07. The first-order valence-corrected chi connectivity index (χ1v) is 14.1. The monoisotopic (exact) mass is 696 g/mol. The molecule has 4 rings (SSSR count). The summed E-state index contributed by atoms with van der Waals surface area (Å²) in [5, 5.41) is 32.9. The van der Waals surface area contributed by atoms with Crippen LogP contribution >= 0.6 is 15.9 Å². The number of aromatic nitrogens is 7. The Morgan fingerprint density at radius 1 is 0.826 bits per heavy atom. The molecule has 240 valence electrons. The molecule has 0 saturated heterocycles. The second-order valence-electron chi connectivity index (χ2n) is 9.74. The summed E-state index contributed by atoms with van der Waals surface area (Å²) in [4.78, 5) is 72.4. The molecule has 0 aromatic carbocycles. The molecule has 0 radical (unpaired) electrons. The van der Waals surface area contributed by atoms with Crippen LogP contribution in [0.2, 0.25) is 0 Å². The van der Waals surface area contributed by atoms with E-state index < -0.39 is 29.5 Å². The van der Waals surface area contributed by atoms with Crippen molar-refractivity contribution in [1.29, 1.82) is 5.41 Å². The summed E-state index contributed by atoms with van der Waals surface area (Å²) in [6, 6.07) is 0. The van der Waals surface area contributed by atoms with Crippen LogP contribution in [0.3, 0.4) is 0 Å². The zero-order valence-corrected chi connectivity index (χ0v) is 26.2. The third-order valence-electron chi connectivity index (χ3n) is 6.55. The second kappa shape index (κ2) is 13.7. The topological polar surface area (TPSA) is 297 Å². The zero-order chi connectivity index (χ0) is 33.7. The molecular weight excluding hydrogens is 668 g/mol. The number of nitrogens with one attached hydrogen (secondary N) is 10. The lowest BCUT2D eigenvalue weighted by molar-refractivity contribution is -0.112. The molecular formula is C26H29BrN14O5. The van der Waals surface area contributed by atoms with E-state index in [1.165, 1.54) is 12.4 Å². The van der Waals surface area contributed by atoms with Gasteiger partial charge in [0.25, 0.3) is 29.5 Å². The maximum atomic E-state index is 13.1. The van der Waals surface area contributed by atoms with Gasteiger partial charge in [0.1, 0.15) is 17.1 Å². The Labute approximate surface area is 268 Å². The first-order chi connectivity index (χ1) is 21.8. The van der Waals surface area contributed by atoms with Gasteiger partial charge in [-0.25, -0.2) is 0 Å². The number of H-pyrrole nitrogens is 4. The molecule has 0 unspecified atom stereocenters. The maximum absolute atomic E-state index is 13.1. The Kier molecular flexibility index (Phi) is 9.80. The number of halogens is 1. The fourth-order valence-corrected chi connectivity index (χ4v) is 4.09. The van der Waals surface area contributed by atoms with Gasteiger partial charge in [0.2, 0.25) is 11.8 Å². The van der Waals surface area contributed by atoms with Crippen LogP contribution in [-0.4, -0.2) is 77.3 Å². The number of carbonyl (C=O) groups is 5. The molecule has 0 aliphatic rings. The Morgan fingerprint density at radius 2 is 1.41 bits per heavy atom. The lowest BCUT2D eigenvalue weighted by Crippen LogP contribution is -2.28. The zero-order valence-electron chi connectivity index (χ0n) is 24.6. The number of hydrogen-bond acceptors (Lipinski definition) is 9. The number of carbonyl (C=O) groups excluding carboxylic acids is 5. The van der Waals surface area contributed by atoms with E-state index in [4.69, 9.17) is 11.1 Å². The van der Waals surface area contributed by atoms with Crippen molar-refractivity contribution in [2.45, 2.75) is 27.2 Å². The van der Waals surface area contributed by atoms with E-state index in [1.54, 1.807) is 20.8 Å². The van der Waals surface area contributed by atoms with Crippen LogP contribution in [0.4, 0.5) is 23.1 Å². The van der Waals surface area contributed by atoms with Crippen LogP contribution in [0.25, 0.3) is 0 Å². The number of amides is 5. The van der Waals surface area contributed by atoms with Crippen molar-refractivity contribution < 1.29 is 24.0 Å². The van der Waals surface area contributed by atoms with Gasteiger partial charge < -0.3 is 37.0 Å². The van der Waals surface area contributed by atoms with Crippen molar-refractivity contribution in [1.82, 2.24) is 40.7 Å². The SMILES string of the molecule is C=C(Br)C(=O)Nc1n[nH]c(C(=O)Nc2c[nH]c(C(=O)Nc3c[nH]c(C(=O)Nc4n[nH]c(C(=O)NCCC(=N)N)c4C)c3C)c2C)n1. The van der Waals surface area contributed by atoms with Crippen LogP contribution in [0.5, 0.6) is 0 Å². The van der Waals surface area contributed by atoms with E-state index in [0.717, 1.165) is 0 Å². The number of nitrogens with two attached hydrogens (primary N) is 1. The fourth-order valence-electron chi connectivity index (χ4n) is 3.99. The van der Waals surface area contributed by atoms with Gasteiger partial charge in [-0.2, -0.15) is 10.1 Å². The molecule has 4 heterocycles. The summed E-state index contributed by atoms with van der Waals surface area (Å²) < 4.78 is 0.0518. The van der Waals surface area contributed by atoms with Crippen LogP contribution in [0.15, 0.2) is 23.5 Å². The van der Waals surface area contributed by atoms with Gasteiger partial charge in [0.05, 0.1) is 21.7 Å². The van der Waals surface area contributed by atoms with E-state index >= 15 is 0 Å². The van der Waals surface area contributed by atoms with Crippen LogP contribution < -0.4 is 32.3 Å². The number of aromatic amines is 4. The summed E-state index contributed by atoms with van der Waals surface area (Å²) in [5.41, 5.74) is 7.57. The first-order valence-electron chi connectivity index (χ1n) is 13.3. The summed E-state index contributed by atoms with van der Waals surface area (Å²) in [6.07, 6.45) is 3.06. The molecule has 0 aliphatic carbocycles. The molecule has 0 atom stereocenters. The predicted molar refractivity (Wildman–Crippen MR) is 170 cm³/mol. The molecule has 0 fully saturated rings. The average molecular weight is 698 g/mol. The molecule has 19 nitrogen and oxygen atoms in total. The van der Waals surface area contributed by atoms with Gasteiger partial charge >= 0.3 is 0 Å². The van der Waals surface area contributed by atoms with Crippen molar-refractivity contribution in [3.05, 3.63) is 63.1 Å². The molecule has 4 aromatic heterocycles. The van der Waals surface area contributed by atoms with Crippen molar-refractivity contribution >= 4 is 74.4 Å². The van der Waals surface area contributed by atoms with Gasteiger partial charge in [0.15, 0.2) is 5.82 Å². The summed E-state index contributed by atoms with van der Waals surface area (Å²) in [5.74, 6) is -3.09. The normalized spacial score (nSPS) is 10.6. The number of amidine groups is 1. The minimum atomic E-state index is -0.676. The summed E-state index contributed by atoms with van der Waals surface area (Å²) in [7, 11) is 0. The second-order valence-corrected chi connectivity index (χ2v) is 10.7. The van der Waals surface area contributed by atoms with Gasteiger partial charge in [-0.3, -0.25) is 44.9 Å². The molecule has 0 bridgehead atoms. The molecule has 0 spiro atoms. The Balaban J connectivity index is 1.38. The van der Waals surface area contributed by atoms with E-state index in [9.17, 15) is 24.0 Å². The third kappa shape index (κ3) is 7.35. The maximum Gasteiger partial charge on any atom is 0.293 e. The number of rotatable bonds is 12. The van der Waals surface area contributed by atoms with Gasteiger partial charge in [0, 0.05) is 42.0 Å². The first kappa shape index (κ1) is 32.9. The molecule has 20 heteroatoms. The van der Waals surface area contributed by atoms with E-state index in [1.807, 2.05) is 0 Å². The highest BCUT2D eigenvalue weighted by atomic mass is 79.9. The molecule has 46 heavy (non-hydrogen) atoms. The summed E-state index contributed by atoms with van der Waals surface area (Å²) in [6.45, 7) is 8.44. The highest BCUT2D eigenvalue weighted by molar-refractivity contribution is 9.12. The molecule has 0 aliphatic heterocycles. The Bertz CT molecular complexity index is 1880. The number of anilines is 4. The average Bonchev–Trinajstić information content (AvgIpc) is 3.77. The van der Waals surface area contributed by atoms with Crippen LogP contribution in [-0.2, 0) is 4.79 Å². The minimum absolute atomic E-state index is 0.0518. The van der Waals surface area contributed by atoms with E-state index in [2.05, 4.69) is 84.4 Å². The van der Waals surface area contributed by atoms with Crippen molar-refractivity contribution in [3.8, 4) is 0 Å². The molecule has 4 aromatic rings. The predicted octanol–water partition coefficient (Wildman–Crippen LogP) is 1.77. The lowest BCUT2D eigenvalue weighted by atomic mass is 10.2. The van der Waals surface area contributed by atoms with Crippen molar-refractivity contribution in [2.24, 2.45) is 5.73 Å². The van der Waals surface area contributed by atoms with E-state index in [-0.39, 0.29) is 63.6 Å². The Morgan fingerprint density at radius 3 is 2.00 bits per heavy atom. The number of hydrogen-bond donors (Lipinski definition) is 11. The quantitative estimate of drug-likeness (QED) is 0.0583. The van der Waals surface area contributed by atoms with Gasteiger partial charge in [-0.1, -0.05) is 6.58 Å². The van der Waals surface area contributed by atoms with Crippen LogP contribution in [0, 0.1) is 26.2 Å². The minimum Gasteiger partial charge on any atom is -0.388 e. The Hall–Kier alpha value is -6.05. The molecule has 5 amide bonds. The van der Waals surface area contributed by atoms with Gasteiger partial charge in [-0.05, 0) is 36.7 Å². The highest BCUT2D eigenvalue weighted by Gasteiger charge is 2.23. The summed E-state index contributed by atoms with van der Waals surface area (Å²) >= 11 is 2.93. The standard InChI is InChI=1S/C26H29BrN14O5/c1-9-13(7-32-17(9)24(45)35-19-11(3)18(38-39-19)22(43)30-6-5-15(28)29)33-23(44)16-10(2)14(8-31-16)34-25(46)20-36-26(41-40-20)37-21(42)12(4)27/h7-8,31-32H,4-6H2,1-3H3,(H3,28,29)(H,30,43)(H,33,44)(H,34,46)(H2,35,38,39,45)(H2,36,37,40,41,42). The van der Waals surface area contributed by atoms with E-state index in [0.29, 0.717) is 22.4 Å². The smallest absolute Gasteiger partial charge is 0.293 e. The third-order valence-corrected chi connectivity index (χ3v) is 6.91. The number of nitrogens with zero attached hydrogens (tertiary/aromatic N) is 3. The highest BCUT2D eigenvalue weighted by Crippen LogP contribution is 2.24. The van der Waals surface area contributed by atoms with Gasteiger partial charge in [-0.15, -0.1) is 5.10 Å². The molecule has 0 saturated carbocycles. The van der Waals surface area contributed by atoms with Crippen molar-refractivity contribution in [2.75, 3.05) is 27.8 Å². The van der Waals surface area contributed by atoms with Crippen molar-refractivity contribution in [3.63, 3.8) is 0 Å².